The van der Waals surface area contributed by atoms with E-state index in [9.17, 15) is 5.26 Å². The summed E-state index contributed by atoms with van der Waals surface area (Å²) in [6.45, 7) is 3.05. The Bertz CT molecular complexity index is 488. The van der Waals surface area contributed by atoms with Crippen molar-refractivity contribution in [2.45, 2.75) is 18.4 Å². The molecule has 4 heteroatoms. The number of anilines is 1. The molecule has 0 aromatic heterocycles. The van der Waals surface area contributed by atoms with Crippen molar-refractivity contribution in [2.75, 3.05) is 25.0 Å². The second kappa shape index (κ2) is 4.46. The van der Waals surface area contributed by atoms with Crippen LogP contribution < -0.4 is 5.32 Å². The molecular formula is C14H16ClN3. The molecule has 4 rings (SSSR count). The lowest BCUT2D eigenvalue weighted by molar-refractivity contribution is 0.0675. The predicted molar refractivity (Wildman–Crippen MR) is 72.6 cm³/mol. The van der Waals surface area contributed by atoms with E-state index in [0.29, 0.717) is 10.9 Å². The molecule has 3 aliphatic rings. The van der Waals surface area contributed by atoms with Gasteiger partial charge in [0.05, 0.1) is 16.8 Å². The van der Waals surface area contributed by atoms with Gasteiger partial charge in [-0.15, -0.1) is 0 Å². The average molecular weight is 262 g/mol. The molecule has 1 aromatic rings. The number of nitriles is 1. The molecule has 3 aliphatic heterocycles. The molecule has 3 fully saturated rings. The van der Waals surface area contributed by atoms with Gasteiger partial charge in [0.1, 0.15) is 5.54 Å². The Hall–Kier alpha value is -1.24. The van der Waals surface area contributed by atoms with Crippen LogP contribution in [-0.2, 0) is 0 Å². The fourth-order valence-electron chi connectivity index (χ4n) is 3.16. The van der Waals surface area contributed by atoms with Crippen LogP contribution in [0.2, 0.25) is 5.02 Å². The van der Waals surface area contributed by atoms with Gasteiger partial charge in [-0.05, 0) is 44.0 Å². The van der Waals surface area contributed by atoms with Crippen molar-refractivity contribution in [1.29, 1.82) is 5.26 Å². The number of rotatable bonds is 2. The Morgan fingerprint density at radius 1 is 1.33 bits per heavy atom. The predicted octanol–water partition coefficient (Wildman–Crippen LogP) is 2.74. The summed E-state index contributed by atoms with van der Waals surface area (Å²) < 4.78 is 0. The first-order valence-corrected chi connectivity index (χ1v) is 6.78. The largest absolute Gasteiger partial charge is 0.365 e. The van der Waals surface area contributed by atoms with E-state index in [2.05, 4.69) is 16.3 Å². The van der Waals surface area contributed by atoms with Gasteiger partial charge in [-0.2, -0.15) is 5.26 Å². The Balaban J connectivity index is 1.90. The van der Waals surface area contributed by atoms with Crippen LogP contribution in [0.5, 0.6) is 0 Å². The number of nitrogens with zero attached hydrogens (tertiary/aromatic N) is 2. The maximum absolute atomic E-state index is 9.63. The number of nitrogens with one attached hydrogen (secondary N) is 1. The second-order valence-corrected chi connectivity index (χ2v) is 5.65. The maximum atomic E-state index is 9.63. The summed E-state index contributed by atoms with van der Waals surface area (Å²) in [7, 11) is 0. The Labute approximate surface area is 112 Å². The topological polar surface area (TPSA) is 39.1 Å². The van der Waals surface area contributed by atoms with Gasteiger partial charge in [-0.3, -0.25) is 4.90 Å². The van der Waals surface area contributed by atoms with E-state index in [4.69, 9.17) is 11.6 Å². The lowest BCUT2D eigenvalue weighted by atomic mass is 9.73. The molecule has 0 aliphatic carbocycles. The van der Waals surface area contributed by atoms with E-state index in [-0.39, 0.29) is 0 Å². The van der Waals surface area contributed by atoms with Gasteiger partial charge in [-0.25, -0.2) is 0 Å². The molecule has 0 radical (unpaired) electrons. The normalized spacial score (nSPS) is 34.0. The Kier molecular flexibility index (Phi) is 2.93. The molecule has 1 unspecified atom stereocenters. The third-order valence-corrected chi connectivity index (χ3v) is 4.52. The highest BCUT2D eigenvalue weighted by Crippen LogP contribution is 2.38. The van der Waals surface area contributed by atoms with Crippen molar-refractivity contribution < 1.29 is 0 Å². The summed E-state index contributed by atoms with van der Waals surface area (Å²) >= 11 is 6.18. The molecule has 18 heavy (non-hydrogen) atoms. The van der Waals surface area contributed by atoms with Gasteiger partial charge in [0.2, 0.25) is 0 Å². The van der Waals surface area contributed by atoms with Crippen LogP contribution in [0.25, 0.3) is 0 Å². The summed E-state index contributed by atoms with van der Waals surface area (Å²) in [6.07, 6.45) is 2.20. The summed E-state index contributed by atoms with van der Waals surface area (Å²) in [6, 6.07) is 10.2. The van der Waals surface area contributed by atoms with Gasteiger partial charge >= 0.3 is 0 Å². The molecule has 3 nitrogen and oxygen atoms in total. The zero-order chi connectivity index (χ0) is 12.6. The first-order chi connectivity index (χ1) is 8.73. The third-order valence-electron chi connectivity index (χ3n) is 4.19. The Morgan fingerprint density at radius 2 is 2.06 bits per heavy atom. The van der Waals surface area contributed by atoms with E-state index in [1.165, 1.54) is 0 Å². The number of para-hydroxylation sites is 1. The lowest BCUT2D eigenvalue weighted by Gasteiger charge is -2.50. The number of hydrogen-bond donors (Lipinski definition) is 1. The standard InChI is InChI=1S/C14H16ClN3/c15-12-3-1-2-4-13(12)17-14(9-16)10-18-7-5-11(14)6-8-18/h1-4,11,17H,5-8,10H2. The Morgan fingerprint density at radius 3 is 2.61 bits per heavy atom. The molecule has 2 bridgehead atoms. The number of benzene rings is 1. The minimum Gasteiger partial charge on any atom is -0.365 e. The molecule has 0 amide bonds. The van der Waals surface area contributed by atoms with Crippen molar-refractivity contribution in [3.63, 3.8) is 0 Å². The fourth-order valence-corrected chi connectivity index (χ4v) is 3.35. The first-order valence-electron chi connectivity index (χ1n) is 6.40. The quantitative estimate of drug-likeness (QED) is 0.890. The van der Waals surface area contributed by atoms with E-state index < -0.39 is 5.54 Å². The lowest BCUT2D eigenvalue weighted by Crippen LogP contribution is -2.62. The highest BCUT2D eigenvalue weighted by molar-refractivity contribution is 6.33. The molecule has 94 valence electrons. The summed E-state index contributed by atoms with van der Waals surface area (Å²) in [5.41, 5.74) is 0.399. The van der Waals surface area contributed by atoms with Crippen LogP contribution in [0.4, 0.5) is 5.69 Å². The van der Waals surface area contributed by atoms with Crippen molar-refractivity contribution in [2.24, 2.45) is 5.92 Å². The molecule has 1 N–H and O–H groups in total. The highest BCUT2D eigenvalue weighted by Gasteiger charge is 2.47. The SMILES string of the molecule is N#CC1(Nc2ccccc2Cl)CN2CCC1CC2. The van der Waals surface area contributed by atoms with Gasteiger partial charge in [0, 0.05) is 6.54 Å². The molecule has 3 saturated heterocycles. The van der Waals surface area contributed by atoms with Gasteiger partial charge in [0.25, 0.3) is 0 Å². The van der Waals surface area contributed by atoms with Crippen LogP contribution >= 0.6 is 11.6 Å². The molecular weight excluding hydrogens is 246 g/mol. The third kappa shape index (κ3) is 1.86. The second-order valence-electron chi connectivity index (χ2n) is 5.24. The molecule has 3 heterocycles. The summed E-state index contributed by atoms with van der Waals surface area (Å²) in [5, 5.41) is 13.7. The minimum atomic E-state index is -0.471. The van der Waals surface area contributed by atoms with Crippen molar-refractivity contribution in [1.82, 2.24) is 4.90 Å². The van der Waals surface area contributed by atoms with Gasteiger partial charge in [-0.1, -0.05) is 23.7 Å². The average Bonchev–Trinajstić information content (AvgIpc) is 2.43. The van der Waals surface area contributed by atoms with Crippen LogP contribution in [0, 0.1) is 17.2 Å². The van der Waals surface area contributed by atoms with Gasteiger partial charge < -0.3 is 5.32 Å². The number of hydrogen-bond acceptors (Lipinski definition) is 3. The minimum absolute atomic E-state index is 0.434. The maximum Gasteiger partial charge on any atom is 0.141 e. The van der Waals surface area contributed by atoms with Crippen LogP contribution in [0.1, 0.15) is 12.8 Å². The smallest absolute Gasteiger partial charge is 0.141 e. The van der Waals surface area contributed by atoms with E-state index in [0.717, 1.165) is 38.2 Å². The number of fused-ring (bicyclic) bond motifs is 3. The summed E-state index contributed by atoms with van der Waals surface area (Å²) in [5.74, 6) is 0.434. The molecule has 1 aromatic carbocycles. The van der Waals surface area contributed by atoms with Crippen molar-refractivity contribution in [3.8, 4) is 6.07 Å². The van der Waals surface area contributed by atoms with Crippen molar-refractivity contribution >= 4 is 17.3 Å². The van der Waals surface area contributed by atoms with E-state index in [1.807, 2.05) is 24.3 Å². The van der Waals surface area contributed by atoms with Crippen LogP contribution in [0.3, 0.4) is 0 Å². The zero-order valence-electron chi connectivity index (χ0n) is 10.2. The fraction of sp³-hybridized carbons (Fsp3) is 0.500. The highest BCUT2D eigenvalue weighted by atomic mass is 35.5. The molecule has 1 atom stereocenters. The van der Waals surface area contributed by atoms with Crippen molar-refractivity contribution in [3.05, 3.63) is 29.3 Å². The molecule has 0 spiro atoms. The number of halogens is 1. The van der Waals surface area contributed by atoms with Gasteiger partial charge in [0.15, 0.2) is 0 Å². The van der Waals surface area contributed by atoms with E-state index in [1.54, 1.807) is 0 Å². The molecule has 0 saturated carbocycles. The van der Waals surface area contributed by atoms with Crippen LogP contribution in [0.15, 0.2) is 24.3 Å². The number of piperidine rings is 3. The van der Waals surface area contributed by atoms with E-state index >= 15 is 0 Å². The zero-order valence-corrected chi connectivity index (χ0v) is 11.0. The monoisotopic (exact) mass is 261 g/mol. The summed E-state index contributed by atoms with van der Waals surface area (Å²) in [4.78, 5) is 2.37. The van der Waals surface area contributed by atoms with Crippen LogP contribution in [-0.4, -0.2) is 30.1 Å². The first kappa shape index (κ1) is 11.8.